The molecule has 0 aliphatic rings. The molecule has 0 spiro atoms. The van der Waals surface area contributed by atoms with Crippen molar-refractivity contribution in [3.8, 4) is 11.5 Å². The van der Waals surface area contributed by atoms with Crippen molar-refractivity contribution in [2.75, 3.05) is 19.0 Å². The summed E-state index contributed by atoms with van der Waals surface area (Å²) in [5.74, 6) is 0.375. The zero-order chi connectivity index (χ0) is 20.5. The minimum atomic E-state index is -0.349. The Morgan fingerprint density at radius 1 is 1.00 bits per heavy atom. The highest BCUT2D eigenvalue weighted by Crippen LogP contribution is 2.30. The van der Waals surface area contributed by atoms with Crippen LogP contribution in [0.1, 0.15) is 15.9 Å². The SMILES string of the molecule is COc1ccc(NC(=O)CNC(=O)c2ccccc2)cc1OCc1cccnc1. The maximum absolute atomic E-state index is 12.2. The third kappa shape index (κ3) is 5.80. The molecule has 0 aliphatic heterocycles. The van der Waals surface area contributed by atoms with Crippen LogP contribution in [0.15, 0.2) is 73.1 Å². The van der Waals surface area contributed by atoms with Gasteiger partial charge in [-0.05, 0) is 30.3 Å². The lowest BCUT2D eigenvalue weighted by Gasteiger charge is -2.13. The molecule has 0 unspecified atom stereocenters. The summed E-state index contributed by atoms with van der Waals surface area (Å²) in [5, 5.41) is 5.33. The first-order chi connectivity index (χ1) is 14.2. The van der Waals surface area contributed by atoms with Gasteiger partial charge in [0.15, 0.2) is 11.5 Å². The highest BCUT2D eigenvalue weighted by molar-refractivity contribution is 5.99. The van der Waals surface area contributed by atoms with Gasteiger partial charge in [0.05, 0.1) is 13.7 Å². The molecule has 2 aromatic carbocycles. The molecule has 148 valence electrons. The van der Waals surface area contributed by atoms with Gasteiger partial charge in [0.2, 0.25) is 5.91 Å². The van der Waals surface area contributed by atoms with Crippen molar-refractivity contribution in [3.05, 3.63) is 84.2 Å². The van der Waals surface area contributed by atoms with Crippen LogP contribution in [0.2, 0.25) is 0 Å². The number of aromatic nitrogens is 1. The fourth-order valence-corrected chi connectivity index (χ4v) is 2.57. The number of nitrogens with one attached hydrogen (secondary N) is 2. The van der Waals surface area contributed by atoms with Gasteiger partial charge in [0, 0.05) is 35.3 Å². The number of hydrogen-bond donors (Lipinski definition) is 2. The third-order valence-electron chi connectivity index (χ3n) is 4.01. The van der Waals surface area contributed by atoms with E-state index >= 15 is 0 Å². The first kappa shape index (κ1) is 19.9. The number of amides is 2. The van der Waals surface area contributed by atoms with Gasteiger partial charge in [-0.15, -0.1) is 0 Å². The van der Waals surface area contributed by atoms with Gasteiger partial charge in [-0.1, -0.05) is 24.3 Å². The van der Waals surface area contributed by atoms with Crippen molar-refractivity contribution in [2.24, 2.45) is 0 Å². The number of carbonyl (C=O) groups is 2. The van der Waals surface area contributed by atoms with Crippen LogP contribution in [0.5, 0.6) is 11.5 Å². The molecule has 0 bridgehead atoms. The molecule has 0 saturated heterocycles. The van der Waals surface area contributed by atoms with Crippen molar-refractivity contribution in [2.45, 2.75) is 6.61 Å². The van der Waals surface area contributed by atoms with Gasteiger partial charge < -0.3 is 20.1 Å². The van der Waals surface area contributed by atoms with Gasteiger partial charge in [-0.2, -0.15) is 0 Å². The van der Waals surface area contributed by atoms with Crippen LogP contribution in [0.4, 0.5) is 5.69 Å². The molecule has 3 aromatic rings. The molecule has 29 heavy (non-hydrogen) atoms. The maximum Gasteiger partial charge on any atom is 0.251 e. The Kier molecular flexibility index (Phi) is 6.78. The number of anilines is 1. The van der Waals surface area contributed by atoms with Gasteiger partial charge >= 0.3 is 0 Å². The fraction of sp³-hybridized carbons (Fsp3) is 0.136. The van der Waals surface area contributed by atoms with Crippen LogP contribution in [0, 0.1) is 0 Å². The van der Waals surface area contributed by atoms with E-state index in [1.165, 1.54) is 0 Å². The van der Waals surface area contributed by atoms with Crippen LogP contribution in [0.25, 0.3) is 0 Å². The third-order valence-corrected chi connectivity index (χ3v) is 4.01. The normalized spacial score (nSPS) is 10.1. The summed E-state index contributed by atoms with van der Waals surface area (Å²) in [4.78, 5) is 28.3. The number of benzene rings is 2. The van der Waals surface area contributed by atoms with E-state index in [2.05, 4.69) is 15.6 Å². The molecule has 0 aliphatic carbocycles. The average molecular weight is 391 g/mol. The quantitative estimate of drug-likeness (QED) is 0.616. The molecule has 7 nitrogen and oxygen atoms in total. The van der Waals surface area contributed by atoms with Gasteiger partial charge in [-0.25, -0.2) is 0 Å². The zero-order valence-corrected chi connectivity index (χ0v) is 15.9. The van der Waals surface area contributed by atoms with E-state index in [9.17, 15) is 9.59 Å². The molecule has 2 amide bonds. The van der Waals surface area contributed by atoms with E-state index in [1.807, 2.05) is 18.2 Å². The Balaban J connectivity index is 1.58. The van der Waals surface area contributed by atoms with Crippen LogP contribution < -0.4 is 20.1 Å². The number of nitrogens with zero attached hydrogens (tertiary/aromatic N) is 1. The van der Waals surface area contributed by atoms with E-state index in [-0.39, 0.29) is 18.4 Å². The van der Waals surface area contributed by atoms with E-state index in [4.69, 9.17) is 9.47 Å². The highest BCUT2D eigenvalue weighted by Gasteiger charge is 2.11. The minimum absolute atomic E-state index is 0.147. The predicted molar refractivity (Wildman–Crippen MR) is 109 cm³/mol. The van der Waals surface area contributed by atoms with E-state index < -0.39 is 0 Å². The monoisotopic (exact) mass is 391 g/mol. The molecule has 2 N–H and O–H groups in total. The standard InChI is InChI=1S/C22H21N3O4/c1-28-19-10-9-18(12-20(19)29-15-16-6-5-11-23-13-16)25-21(26)14-24-22(27)17-7-3-2-4-8-17/h2-13H,14-15H2,1H3,(H,24,27)(H,25,26). The van der Waals surface area contributed by atoms with Gasteiger partial charge in [0.1, 0.15) is 6.61 Å². The molecule has 1 heterocycles. The van der Waals surface area contributed by atoms with Gasteiger partial charge in [-0.3, -0.25) is 14.6 Å². The van der Waals surface area contributed by atoms with Crippen LogP contribution >= 0.6 is 0 Å². The molecular weight excluding hydrogens is 370 g/mol. The van der Waals surface area contributed by atoms with Crippen LogP contribution in [-0.4, -0.2) is 30.5 Å². The lowest BCUT2D eigenvalue weighted by Crippen LogP contribution is -2.32. The molecule has 3 rings (SSSR count). The number of methoxy groups -OCH3 is 1. The number of carbonyl (C=O) groups excluding carboxylic acids is 2. The summed E-state index contributed by atoms with van der Waals surface area (Å²) >= 11 is 0. The Bertz CT molecular complexity index is 962. The van der Waals surface area contributed by atoms with Gasteiger partial charge in [0.25, 0.3) is 5.91 Å². The summed E-state index contributed by atoms with van der Waals surface area (Å²) in [5.41, 5.74) is 1.94. The van der Waals surface area contributed by atoms with Crippen LogP contribution in [0.3, 0.4) is 0 Å². The van der Waals surface area contributed by atoms with Crippen molar-refractivity contribution < 1.29 is 19.1 Å². The molecule has 0 radical (unpaired) electrons. The number of ether oxygens (including phenoxy) is 2. The van der Waals surface area contributed by atoms with E-state index in [0.717, 1.165) is 5.56 Å². The summed E-state index contributed by atoms with van der Waals surface area (Å²) in [6.45, 7) is 0.167. The summed E-state index contributed by atoms with van der Waals surface area (Å²) in [7, 11) is 1.55. The lowest BCUT2D eigenvalue weighted by molar-refractivity contribution is -0.115. The van der Waals surface area contributed by atoms with Crippen molar-refractivity contribution in [1.29, 1.82) is 0 Å². The van der Waals surface area contributed by atoms with E-state index in [0.29, 0.717) is 29.4 Å². The van der Waals surface area contributed by atoms with Crippen molar-refractivity contribution in [3.63, 3.8) is 0 Å². The van der Waals surface area contributed by atoms with Crippen molar-refractivity contribution in [1.82, 2.24) is 10.3 Å². The average Bonchev–Trinajstić information content (AvgIpc) is 2.77. The molecule has 0 fully saturated rings. The second kappa shape index (κ2) is 9.89. The number of rotatable bonds is 8. The molecule has 0 saturated carbocycles. The number of pyridine rings is 1. The first-order valence-electron chi connectivity index (χ1n) is 8.98. The Morgan fingerprint density at radius 3 is 2.55 bits per heavy atom. The topological polar surface area (TPSA) is 89.6 Å². The Labute approximate surface area is 168 Å². The molecule has 1 aromatic heterocycles. The highest BCUT2D eigenvalue weighted by atomic mass is 16.5. The second-order valence-corrected chi connectivity index (χ2v) is 6.11. The summed E-state index contributed by atoms with van der Waals surface area (Å²) in [6, 6.07) is 17.5. The van der Waals surface area contributed by atoms with Crippen molar-refractivity contribution >= 4 is 17.5 Å². The Morgan fingerprint density at radius 2 is 1.83 bits per heavy atom. The predicted octanol–water partition coefficient (Wildman–Crippen LogP) is 3.04. The molecule has 0 atom stereocenters. The Hall–Kier alpha value is -3.87. The smallest absolute Gasteiger partial charge is 0.251 e. The summed E-state index contributed by atoms with van der Waals surface area (Å²) in [6.07, 6.45) is 3.41. The summed E-state index contributed by atoms with van der Waals surface area (Å²) < 4.78 is 11.1. The van der Waals surface area contributed by atoms with Crippen LogP contribution in [-0.2, 0) is 11.4 Å². The largest absolute Gasteiger partial charge is 0.493 e. The molecular formula is C22H21N3O4. The second-order valence-electron chi connectivity index (χ2n) is 6.11. The lowest BCUT2D eigenvalue weighted by atomic mass is 10.2. The zero-order valence-electron chi connectivity index (χ0n) is 15.9. The number of hydrogen-bond acceptors (Lipinski definition) is 5. The van der Waals surface area contributed by atoms with E-state index in [1.54, 1.807) is 62.0 Å². The minimum Gasteiger partial charge on any atom is -0.493 e. The maximum atomic E-state index is 12.2. The first-order valence-corrected chi connectivity index (χ1v) is 8.98. The molecule has 7 heteroatoms. The fourth-order valence-electron chi connectivity index (χ4n) is 2.57.